The van der Waals surface area contributed by atoms with Crippen LogP contribution in [0.2, 0.25) is 0 Å². The molecule has 2 aliphatic rings. The quantitative estimate of drug-likeness (QED) is 0.0966. The van der Waals surface area contributed by atoms with Crippen LogP contribution in [-0.2, 0) is 17.6 Å². The molecule has 1 unspecified atom stereocenters. The van der Waals surface area contributed by atoms with Gasteiger partial charge in [-0.1, -0.05) is 135 Å². The van der Waals surface area contributed by atoms with Gasteiger partial charge in [0.2, 0.25) is 0 Å². The van der Waals surface area contributed by atoms with E-state index in [1.54, 1.807) is 0 Å². The van der Waals surface area contributed by atoms with Crippen LogP contribution in [0, 0.1) is 6.92 Å². The Bertz CT molecular complexity index is 2420. The lowest BCUT2D eigenvalue weighted by Crippen LogP contribution is -2.27. The van der Waals surface area contributed by atoms with Crippen LogP contribution in [-0.4, -0.2) is 18.9 Å². The minimum Gasteiger partial charge on any atom is -0.482 e. The summed E-state index contributed by atoms with van der Waals surface area (Å²) in [5, 5.41) is 0.904. The van der Waals surface area contributed by atoms with Crippen molar-refractivity contribution in [3.05, 3.63) is 208 Å². The normalized spacial score (nSPS) is 17.6. The summed E-state index contributed by atoms with van der Waals surface area (Å²) in [6, 6.07) is 26.0. The van der Waals surface area contributed by atoms with Gasteiger partial charge in [0, 0.05) is 34.9 Å². The molecule has 1 aromatic heterocycles. The minimum absolute atomic E-state index is 0.364. The number of ether oxygens (including phenoxy) is 1. The number of hydrogen-bond donors (Lipinski definition) is 0. The molecule has 1 atom stereocenters. The summed E-state index contributed by atoms with van der Waals surface area (Å²) in [7, 11) is 0. The van der Waals surface area contributed by atoms with Crippen LogP contribution in [0.25, 0.3) is 41.0 Å². The lowest BCUT2D eigenvalue weighted by molar-refractivity contribution is 0.0807. The summed E-state index contributed by atoms with van der Waals surface area (Å²) in [6.07, 6.45) is 27.4. The summed E-state index contributed by atoms with van der Waals surface area (Å²) in [5.41, 5.74) is 13.1. The molecule has 54 heavy (non-hydrogen) atoms. The van der Waals surface area contributed by atoms with Crippen molar-refractivity contribution in [3.63, 3.8) is 0 Å². The highest BCUT2D eigenvalue weighted by Crippen LogP contribution is 2.46. The van der Waals surface area contributed by atoms with E-state index in [1.165, 1.54) is 33.4 Å². The molecule has 4 aromatic rings. The second kappa shape index (κ2) is 17.1. The van der Waals surface area contributed by atoms with Gasteiger partial charge in [0.25, 0.3) is 0 Å². The van der Waals surface area contributed by atoms with E-state index in [-0.39, 0.29) is 5.60 Å². The molecule has 1 aliphatic carbocycles. The van der Waals surface area contributed by atoms with Crippen molar-refractivity contribution in [1.29, 1.82) is 0 Å². The lowest BCUT2D eigenvalue weighted by Gasteiger charge is -2.29. The average molecular weight is 708 g/mol. The molecule has 0 saturated heterocycles. The number of rotatable bonds is 14. The third kappa shape index (κ3) is 8.37. The number of furan rings is 1. The molecule has 3 nitrogen and oxygen atoms in total. The van der Waals surface area contributed by atoms with Crippen molar-refractivity contribution in [3.8, 4) is 11.1 Å². The molecule has 3 aromatic carbocycles. The zero-order valence-corrected chi connectivity index (χ0v) is 31.8. The number of hydrogen-bond acceptors (Lipinski definition) is 3. The molecule has 1 aliphatic heterocycles. The van der Waals surface area contributed by atoms with Crippen LogP contribution in [0.1, 0.15) is 53.8 Å². The number of aliphatic imine (C=N–C) groups is 1. The van der Waals surface area contributed by atoms with Gasteiger partial charge < -0.3 is 14.1 Å². The van der Waals surface area contributed by atoms with Crippen LogP contribution in [0.4, 0.5) is 0 Å². The number of benzene rings is 3. The van der Waals surface area contributed by atoms with Gasteiger partial charge in [-0.05, 0) is 115 Å². The number of allylic oxidation sites excluding steroid dienone is 11. The molecule has 3 heteroatoms. The molecule has 0 bridgehead atoms. The predicted octanol–water partition coefficient (Wildman–Crippen LogP) is 11.3. The zero-order valence-electron chi connectivity index (χ0n) is 31.8. The second-order valence-corrected chi connectivity index (χ2v) is 13.8. The van der Waals surface area contributed by atoms with Gasteiger partial charge in [0.1, 0.15) is 22.5 Å². The van der Waals surface area contributed by atoms with E-state index in [1.807, 2.05) is 38.2 Å². The van der Waals surface area contributed by atoms with E-state index in [4.69, 9.17) is 9.15 Å². The first-order chi connectivity index (χ1) is 26.3. The van der Waals surface area contributed by atoms with E-state index in [2.05, 4.69) is 160 Å². The Labute approximate surface area is 320 Å². The fourth-order valence-corrected chi connectivity index (χ4v) is 7.14. The highest BCUT2D eigenvalue weighted by Gasteiger charge is 2.41. The van der Waals surface area contributed by atoms with Crippen LogP contribution in [0.3, 0.4) is 0 Å². The standard InChI is InChI=1S/C51H49NO2/c1-8-17-47-48-35-45(28-30-51(48,6)54-49(47)10-3)44-25-16-24-43(34-44)42-23-15-21-39(33-42)19-13-11-12-18-38-20-14-22-41(32-38)40(9-2)26-27-50-36(4)46(29-31-52-7)37(5)53-50/h8-17,19-28,32-35H,2-4,7,18,29-31H2,1,5-6H3/b12-11-,17-8-,19-13+,40-26+,50-27+. The molecule has 0 N–H and O–H groups in total. The topological polar surface area (TPSA) is 34.7 Å². The monoisotopic (exact) mass is 707 g/mol. The Kier molecular flexibility index (Phi) is 11.9. The van der Waals surface area contributed by atoms with Crippen molar-refractivity contribution in [2.45, 2.75) is 45.6 Å². The first-order valence-corrected chi connectivity index (χ1v) is 18.6. The lowest BCUT2D eigenvalue weighted by atomic mass is 9.81. The second-order valence-electron chi connectivity index (χ2n) is 13.8. The molecule has 2 heterocycles. The molecular weight excluding hydrogens is 659 g/mol. The number of aryl methyl sites for hydroxylation is 1. The van der Waals surface area contributed by atoms with Crippen molar-refractivity contribution < 1.29 is 9.15 Å². The first-order valence-electron chi connectivity index (χ1n) is 18.6. The van der Waals surface area contributed by atoms with Crippen LogP contribution in [0.15, 0.2) is 173 Å². The Morgan fingerprint density at radius 3 is 2.50 bits per heavy atom. The molecular formula is C51H49NO2. The van der Waals surface area contributed by atoms with Crippen molar-refractivity contribution in [2.75, 3.05) is 6.54 Å². The molecule has 0 spiro atoms. The Balaban J connectivity index is 1.12. The summed E-state index contributed by atoms with van der Waals surface area (Å²) < 4.78 is 12.4. The molecule has 0 fully saturated rings. The van der Waals surface area contributed by atoms with Gasteiger partial charge in [-0.2, -0.15) is 0 Å². The smallest absolute Gasteiger partial charge is 0.135 e. The first kappa shape index (κ1) is 37.6. The van der Waals surface area contributed by atoms with E-state index in [9.17, 15) is 0 Å². The van der Waals surface area contributed by atoms with Crippen LogP contribution < -0.4 is 10.6 Å². The van der Waals surface area contributed by atoms with E-state index >= 15 is 0 Å². The van der Waals surface area contributed by atoms with E-state index < -0.39 is 0 Å². The number of nitrogens with zero attached hydrogens (tertiary/aromatic N) is 1. The Morgan fingerprint density at radius 2 is 1.72 bits per heavy atom. The zero-order chi connectivity index (χ0) is 38.1. The van der Waals surface area contributed by atoms with Gasteiger partial charge in [0.05, 0.1) is 0 Å². The SMILES string of the molecule is C=CC1=C(/C=C\C)C2=CC(c3cccc(-c4cccc(/C=C/C=C\Cc5cccc(/C(C=C)=C/C=c6/oc(C)c(CCN=C)c6=C)c5)c4)c3)=CCC2(C)O1. The minimum atomic E-state index is -0.364. The van der Waals surface area contributed by atoms with Gasteiger partial charge in [-0.3, -0.25) is 0 Å². The van der Waals surface area contributed by atoms with Crippen LogP contribution in [0.5, 0.6) is 0 Å². The van der Waals surface area contributed by atoms with E-state index in [0.717, 1.165) is 69.3 Å². The average Bonchev–Trinajstić information content (AvgIpc) is 3.63. The molecule has 270 valence electrons. The summed E-state index contributed by atoms with van der Waals surface area (Å²) in [5.74, 6) is 1.73. The molecule has 0 amide bonds. The molecule has 6 rings (SSSR count). The highest BCUT2D eigenvalue weighted by molar-refractivity contribution is 5.82. The summed E-state index contributed by atoms with van der Waals surface area (Å²) in [6.45, 7) is 22.7. The van der Waals surface area contributed by atoms with Crippen molar-refractivity contribution in [2.24, 2.45) is 4.99 Å². The Morgan fingerprint density at radius 1 is 0.944 bits per heavy atom. The van der Waals surface area contributed by atoms with Crippen molar-refractivity contribution in [1.82, 2.24) is 0 Å². The predicted molar refractivity (Wildman–Crippen MR) is 231 cm³/mol. The summed E-state index contributed by atoms with van der Waals surface area (Å²) >= 11 is 0. The summed E-state index contributed by atoms with van der Waals surface area (Å²) in [4.78, 5) is 3.97. The highest BCUT2D eigenvalue weighted by atomic mass is 16.5. The van der Waals surface area contributed by atoms with Crippen LogP contribution >= 0.6 is 0 Å². The Hall–Kier alpha value is -6.19. The maximum atomic E-state index is 6.35. The molecule has 0 radical (unpaired) electrons. The van der Waals surface area contributed by atoms with Gasteiger partial charge in [-0.15, -0.1) is 0 Å². The van der Waals surface area contributed by atoms with Gasteiger partial charge in [-0.25, -0.2) is 0 Å². The van der Waals surface area contributed by atoms with E-state index in [0.29, 0.717) is 6.54 Å². The maximum Gasteiger partial charge on any atom is 0.135 e. The third-order valence-corrected chi connectivity index (χ3v) is 10.1. The molecule has 0 saturated carbocycles. The maximum absolute atomic E-state index is 6.35. The van der Waals surface area contributed by atoms with Crippen molar-refractivity contribution >= 4 is 36.6 Å². The van der Waals surface area contributed by atoms with Gasteiger partial charge in [0.15, 0.2) is 0 Å². The fourth-order valence-electron chi connectivity index (χ4n) is 7.14. The number of fused-ring (bicyclic) bond motifs is 1. The third-order valence-electron chi connectivity index (χ3n) is 10.1. The van der Waals surface area contributed by atoms with Gasteiger partial charge >= 0.3 is 0 Å². The fraction of sp³-hybridized carbons (Fsp3) is 0.157. The largest absolute Gasteiger partial charge is 0.482 e.